The van der Waals surface area contributed by atoms with E-state index in [1.807, 2.05) is 0 Å². The van der Waals surface area contributed by atoms with E-state index in [0.717, 1.165) is 11.8 Å². The van der Waals surface area contributed by atoms with Crippen molar-refractivity contribution in [1.29, 1.82) is 0 Å². The number of rotatable bonds is 44. The number of primary amides is 1. The number of phenolic OH excluding ortho intramolecular Hbond substituents is 1. The fourth-order valence-corrected chi connectivity index (χ4v) is 13.1. The molecule has 3 aromatic carbocycles. The van der Waals surface area contributed by atoms with Gasteiger partial charge in [-0.2, -0.15) is 0 Å². The number of aromatic nitrogens is 3. The van der Waals surface area contributed by atoms with Gasteiger partial charge in [0.1, 0.15) is 78.8 Å². The molecule has 0 radical (unpaired) electrons. The molecule has 15 amide bonds. The standard InChI is InChI=1S/C76H103N19O20/c1-6-7-14-51(88-72(111)58(38-97)92-70(109)54(29-43-19-21-46(99)22-20-43)90-71(110)57(37-96)84-42(5)98)68(107)89-52(24-25-63(102)103)69(108)91-56(31-45-33-79-39-83-45)67(106)81-34-60-74(113)87-50-23-18-41(4)28-48(50)75(114)95(60)36-62(101)86-55(30-44-32-80-49-15-9-8-13-47(44)49)66(105)82-35-61(100)85-53(16-10-11-26-77)76(115)94-27-12-17-59(94)73(112)93-64(40(2)3)65(78)104/h8-9,13,15,18-23,28,32-33,39-40,51-60,64,80,96-97,99H,6-7,10-12,14,16-17,24-27,29-31,34-38,77H2,1-5H3,(H2,78,104)(H,79,83)(H,81,106)(H,82,105)(H,84,98)(H,85,100)(H,86,101)(H,87,113)(H,88,111)(H,89,107)(H,90,110)(H,91,108)(H,92,109)(H,93,112)(H,102,103)/t51-,52-,53-,54-,55-,56-,57-,58-,59-,60?,64-/m0/s1. The molecule has 1 unspecified atom stereocenters. The SMILES string of the molecule is CCCC[C@H](NC(=O)[C@H](CO)NC(=O)[C@H](Cc1ccc(O)cc1)NC(=O)[C@H](CO)NC(C)=O)C(=O)N[C@@H](CCC(=O)O)C(=O)N[C@@H](Cc1c[nH]cn1)C(=O)NCC1C(=O)Nc2ccc(C)cc2C(=O)N1CC(=O)N[C@@H](Cc1c[nH]c2ccccc12)C(=O)NCC(=O)N[C@@H](CCCCN)C(=O)N1CCC[C@H]1C(=O)N[C@H](C(N)=O)C(C)C. The third-order valence-corrected chi connectivity index (χ3v) is 19.3. The Morgan fingerprint density at radius 3 is 1.88 bits per heavy atom. The van der Waals surface area contributed by atoms with E-state index >= 15 is 0 Å². The van der Waals surface area contributed by atoms with Crippen molar-refractivity contribution in [2.24, 2.45) is 17.4 Å². The molecule has 22 N–H and O–H groups in total. The number of phenols is 1. The molecule has 2 aliphatic heterocycles. The van der Waals surface area contributed by atoms with Crippen LogP contribution in [0.1, 0.15) is 125 Å². The lowest BCUT2D eigenvalue weighted by atomic mass is 10.0. The highest BCUT2D eigenvalue weighted by Gasteiger charge is 2.42. The van der Waals surface area contributed by atoms with Gasteiger partial charge in [-0.05, 0) is 106 Å². The number of nitrogens with zero attached hydrogens (tertiary/aromatic N) is 3. The molecule has 7 rings (SSSR count). The second kappa shape index (κ2) is 43.6. The van der Waals surface area contributed by atoms with Crippen LogP contribution >= 0.6 is 0 Å². The predicted octanol–water partition coefficient (Wildman–Crippen LogP) is -3.69. The number of likely N-dealkylation sites (tertiary alicyclic amines) is 1. The number of hydrogen-bond donors (Lipinski definition) is 20. The van der Waals surface area contributed by atoms with Gasteiger partial charge in [0.15, 0.2) is 0 Å². The molecule has 39 heteroatoms. The zero-order valence-electron chi connectivity index (χ0n) is 64.5. The smallest absolute Gasteiger partial charge is 0.303 e. The summed E-state index contributed by atoms with van der Waals surface area (Å²) in [5.41, 5.74) is 13.6. The molecule has 5 aromatic rings. The van der Waals surface area contributed by atoms with E-state index in [9.17, 15) is 97.1 Å². The molecule has 11 atom stereocenters. The number of carboxylic acids is 1. The number of para-hydroxylation sites is 1. The van der Waals surface area contributed by atoms with Gasteiger partial charge in [-0.3, -0.25) is 76.7 Å². The van der Waals surface area contributed by atoms with Crippen LogP contribution in [0, 0.1) is 12.8 Å². The maximum absolute atomic E-state index is 15.0. The van der Waals surface area contributed by atoms with E-state index in [1.54, 1.807) is 64.2 Å². The average Bonchev–Trinajstić information content (AvgIpc) is 1.67. The van der Waals surface area contributed by atoms with Gasteiger partial charge in [-0.25, -0.2) is 4.98 Å². The molecule has 115 heavy (non-hydrogen) atoms. The second-order valence-electron chi connectivity index (χ2n) is 28.5. The van der Waals surface area contributed by atoms with Crippen LogP contribution in [0.5, 0.6) is 5.75 Å². The third-order valence-electron chi connectivity index (χ3n) is 19.3. The molecule has 39 nitrogen and oxygen atoms in total. The summed E-state index contributed by atoms with van der Waals surface area (Å²) in [6, 6.07) is 0.553. The number of aliphatic hydroxyl groups is 2. The van der Waals surface area contributed by atoms with E-state index in [4.69, 9.17) is 11.5 Å². The summed E-state index contributed by atoms with van der Waals surface area (Å²) in [7, 11) is 0. The number of benzene rings is 3. The summed E-state index contributed by atoms with van der Waals surface area (Å²) in [6.45, 7) is 3.85. The number of fused-ring (bicyclic) bond motifs is 2. The van der Waals surface area contributed by atoms with Crippen LogP contribution < -0.4 is 75.3 Å². The number of aryl methyl sites for hydroxylation is 1. The van der Waals surface area contributed by atoms with Gasteiger partial charge in [0.05, 0.1) is 43.0 Å². The number of carbonyl (C=O) groups excluding carboxylic acids is 15. The topological polar surface area (TPSA) is 601 Å². The van der Waals surface area contributed by atoms with Crippen LogP contribution in [0.3, 0.4) is 0 Å². The maximum atomic E-state index is 15.0. The summed E-state index contributed by atoms with van der Waals surface area (Å²) in [6.07, 6.45) is 4.11. The molecule has 0 bridgehead atoms. The van der Waals surface area contributed by atoms with Gasteiger partial charge < -0.3 is 115 Å². The number of carboxylic acid groups (broad SMARTS) is 1. The Hall–Kier alpha value is -12.4. The summed E-state index contributed by atoms with van der Waals surface area (Å²) >= 11 is 0. The molecule has 0 saturated carbocycles. The first-order valence-corrected chi connectivity index (χ1v) is 37.8. The average molecular weight is 1600 g/mol. The monoisotopic (exact) mass is 1600 g/mol. The number of nitrogens with one attached hydrogen (secondary N) is 14. The Labute approximate surface area is 661 Å². The first-order valence-electron chi connectivity index (χ1n) is 37.8. The number of aliphatic carboxylic acids is 1. The number of hydrogen-bond acceptors (Lipinski definition) is 21. The highest BCUT2D eigenvalue weighted by molar-refractivity contribution is 6.11. The van der Waals surface area contributed by atoms with Crippen molar-refractivity contribution in [3.05, 3.63) is 113 Å². The molecule has 0 aliphatic carbocycles. The molecule has 1 fully saturated rings. The Morgan fingerprint density at radius 1 is 0.652 bits per heavy atom. The number of nitrogens with two attached hydrogens (primary N) is 2. The van der Waals surface area contributed by atoms with Gasteiger partial charge in [-0.1, -0.05) is 75.6 Å². The highest BCUT2D eigenvalue weighted by atomic mass is 16.4. The van der Waals surface area contributed by atoms with Crippen molar-refractivity contribution in [2.75, 3.05) is 51.3 Å². The minimum atomic E-state index is -1.83. The minimum Gasteiger partial charge on any atom is -0.508 e. The summed E-state index contributed by atoms with van der Waals surface area (Å²) in [4.78, 5) is 234. The van der Waals surface area contributed by atoms with Crippen molar-refractivity contribution in [2.45, 2.75) is 185 Å². The first-order chi connectivity index (χ1) is 54.8. The van der Waals surface area contributed by atoms with E-state index in [-0.39, 0.29) is 80.2 Å². The number of aromatic amines is 2. The lowest BCUT2D eigenvalue weighted by Crippen LogP contribution is -2.61. The molecule has 2 aromatic heterocycles. The van der Waals surface area contributed by atoms with Crippen LogP contribution in [0.25, 0.3) is 10.9 Å². The number of aromatic hydroxyl groups is 1. The largest absolute Gasteiger partial charge is 0.508 e. The molecule has 0 spiro atoms. The summed E-state index contributed by atoms with van der Waals surface area (Å²) in [5.74, 6) is -15.6. The quantitative estimate of drug-likeness (QED) is 0.0167. The number of amides is 15. The number of H-pyrrole nitrogens is 2. The van der Waals surface area contributed by atoms with E-state index in [2.05, 4.69) is 78.8 Å². The summed E-state index contributed by atoms with van der Waals surface area (Å²) in [5, 5.41) is 70.9. The lowest BCUT2D eigenvalue weighted by molar-refractivity contribution is -0.142. The highest BCUT2D eigenvalue weighted by Crippen LogP contribution is 2.27. The van der Waals surface area contributed by atoms with Crippen LogP contribution in [-0.2, 0) is 91.2 Å². The molecular formula is C76H103N19O20. The Bertz CT molecular complexity index is 4310. The van der Waals surface area contributed by atoms with Crippen LogP contribution in [0.4, 0.5) is 5.69 Å². The molecule has 2 aliphatic rings. The predicted molar refractivity (Wildman–Crippen MR) is 412 cm³/mol. The zero-order valence-corrected chi connectivity index (χ0v) is 64.5. The van der Waals surface area contributed by atoms with Crippen molar-refractivity contribution >= 4 is 111 Å². The van der Waals surface area contributed by atoms with Gasteiger partial charge in [0, 0.05) is 69.0 Å². The molecule has 622 valence electrons. The Balaban J connectivity index is 1.09. The molecule has 1 saturated heterocycles. The van der Waals surface area contributed by atoms with Crippen molar-refractivity contribution in [3.63, 3.8) is 0 Å². The maximum Gasteiger partial charge on any atom is 0.303 e. The minimum absolute atomic E-state index is 0.0203. The zero-order chi connectivity index (χ0) is 84.2. The van der Waals surface area contributed by atoms with Gasteiger partial charge >= 0.3 is 5.97 Å². The number of aliphatic hydroxyl groups excluding tert-OH is 2. The van der Waals surface area contributed by atoms with Crippen LogP contribution in [-0.4, -0.2) is 252 Å². The number of anilines is 1. The fourth-order valence-electron chi connectivity index (χ4n) is 13.1. The van der Waals surface area contributed by atoms with Crippen LogP contribution in [0.15, 0.2) is 85.5 Å². The van der Waals surface area contributed by atoms with Crippen molar-refractivity contribution in [3.8, 4) is 5.75 Å². The summed E-state index contributed by atoms with van der Waals surface area (Å²) < 4.78 is 0. The van der Waals surface area contributed by atoms with E-state index in [0.29, 0.717) is 53.3 Å². The van der Waals surface area contributed by atoms with Crippen LogP contribution in [0.2, 0.25) is 0 Å². The van der Waals surface area contributed by atoms with E-state index in [1.165, 1.54) is 53.8 Å². The fraction of sp³-hybridized carbons (Fsp3) is 0.487. The first kappa shape index (κ1) is 89.8. The normalized spacial score (nSPS) is 16.2. The third kappa shape index (κ3) is 26.3. The lowest BCUT2D eigenvalue weighted by Gasteiger charge is -2.30. The van der Waals surface area contributed by atoms with Gasteiger partial charge in [-0.15, -0.1) is 0 Å². The number of imidazole rings is 1. The van der Waals surface area contributed by atoms with Gasteiger partial charge in [0.2, 0.25) is 82.7 Å². The Kier molecular flexibility index (Phi) is 34.0. The number of unbranched alkanes of at least 4 members (excludes halogenated alkanes) is 2. The second-order valence-corrected chi connectivity index (χ2v) is 28.5. The number of carbonyl (C=O) groups is 16. The molecular weight excluding hydrogens is 1500 g/mol. The van der Waals surface area contributed by atoms with E-state index < -0.39 is 213 Å². The Morgan fingerprint density at radius 2 is 1.25 bits per heavy atom. The molecule has 4 heterocycles. The van der Waals surface area contributed by atoms with Gasteiger partial charge in [0.25, 0.3) is 5.91 Å². The van der Waals surface area contributed by atoms with Crippen molar-refractivity contribution in [1.82, 2.24) is 83.2 Å². The van der Waals surface area contributed by atoms with Crippen molar-refractivity contribution < 1.29 is 97.1 Å².